The summed E-state index contributed by atoms with van der Waals surface area (Å²) in [4.78, 5) is 12.2. The second kappa shape index (κ2) is 7.21. The zero-order valence-electron chi connectivity index (χ0n) is 13.2. The van der Waals surface area contributed by atoms with Crippen molar-refractivity contribution in [1.82, 2.24) is 15.0 Å². The van der Waals surface area contributed by atoms with Crippen LogP contribution in [-0.2, 0) is 12.8 Å². The maximum Gasteiger partial charge on any atom is 0.393 e. The number of rotatable bonds is 5. The summed E-state index contributed by atoms with van der Waals surface area (Å²) in [6.07, 6.45) is -2.34. The highest BCUT2D eigenvalue weighted by Gasteiger charge is 2.29. The molecular weight excluding hydrogens is 367 g/mol. The molecule has 0 spiro atoms. The molecule has 0 amide bonds. The van der Waals surface area contributed by atoms with Crippen LogP contribution in [0.3, 0.4) is 0 Å². The van der Waals surface area contributed by atoms with Gasteiger partial charge in [-0.15, -0.1) is 0 Å². The Labute approximate surface area is 150 Å². The number of thioether (sulfide) groups is 1. The van der Waals surface area contributed by atoms with E-state index in [9.17, 15) is 13.2 Å². The number of pyridine rings is 1. The van der Waals surface area contributed by atoms with Gasteiger partial charge in [-0.2, -0.15) is 18.4 Å². The molecule has 134 valence electrons. The van der Waals surface area contributed by atoms with Crippen LogP contribution in [0.15, 0.2) is 34.2 Å². The predicted molar refractivity (Wildman–Crippen MR) is 89.4 cm³/mol. The Bertz CT molecular complexity index is 980. The number of alkyl halides is 3. The second-order valence-corrected chi connectivity index (χ2v) is 6.46. The van der Waals surface area contributed by atoms with Crippen LogP contribution in [-0.4, -0.2) is 26.9 Å². The highest BCUT2D eigenvalue weighted by molar-refractivity contribution is 7.99. The van der Waals surface area contributed by atoms with E-state index in [4.69, 9.17) is 15.4 Å². The van der Waals surface area contributed by atoms with Gasteiger partial charge in [0.2, 0.25) is 0 Å². The maximum atomic E-state index is 12.6. The summed E-state index contributed by atoms with van der Waals surface area (Å²) in [6.45, 7) is 0. The quantitative estimate of drug-likeness (QED) is 0.534. The summed E-state index contributed by atoms with van der Waals surface area (Å²) in [5, 5.41) is 9.64. The molecule has 2 N–H and O–H groups in total. The van der Waals surface area contributed by atoms with Crippen LogP contribution in [0, 0.1) is 11.3 Å². The molecular formula is C16H12F3N5OS. The molecule has 26 heavy (non-hydrogen) atoms. The van der Waals surface area contributed by atoms with Crippen molar-refractivity contribution in [3.8, 4) is 6.07 Å². The van der Waals surface area contributed by atoms with Crippen LogP contribution in [0.2, 0.25) is 0 Å². The fourth-order valence-electron chi connectivity index (χ4n) is 2.33. The number of nitrogens with zero attached hydrogens (tertiary/aromatic N) is 4. The molecule has 0 unspecified atom stereocenters. The minimum atomic E-state index is -4.31. The monoisotopic (exact) mass is 379 g/mol. The lowest BCUT2D eigenvalue weighted by atomic mass is 10.1. The number of fused-ring (bicyclic) bond motifs is 1. The topological polar surface area (TPSA) is 102 Å². The lowest BCUT2D eigenvalue weighted by Crippen LogP contribution is -2.11. The average molecular weight is 379 g/mol. The molecule has 0 fully saturated rings. The van der Waals surface area contributed by atoms with Gasteiger partial charge in [-0.3, -0.25) is 4.98 Å². The number of nitrogen functional groups attached to an aromatic ring is 1. The normalized spacial score (nSPS) is 11.6. The Morgan fingerprint density at radius 3 is 2.81 bits per heavy atom. The number of hydrogen-bond acceptors (Lipinski definition) is 7. The van der Waals surface area contributed by atoms with Crippen molar-refractivity contribution >= 4 is 28.5 Å². The summed E-state index contributed by atoms with van der Waals surface area (Å²) >= 11 is 1.28. The Morgan fingerprint density at radius 2 is 2.08 bits per heavy atom. The van der Waals surface area contributed by atoms with Crippen molar-refractivity contribution in [1.29, 1.82) is 5.26 Å². The molecule has 0 aromatic carbocycles. The summed E-state index contributed by atoms with van der Waals surface area (Å²) in [5.41, 5.74) is 6.81. The van der Waals surface area contributed by atoms with Crippen molar-refractivity contribution in [3.05, 3.63) is 41.5 Å². The number of aryl methyl sites for hydroxylation is 1. The molecule has 0 bridgehead atoms. The number of hydrogen-bond donors (Lipinski definition) is 1. The number of nitrogens with two attached hydrogens (primary N) is 1. The second-order valence-electron chi connectivity index (χ2n) is 5.40. The lowest BCUT2D eigenvalue weighted by molar-refractivity contribution is -0.127. The van der Waals surface area contributed by atoms with Crippen LogP contribution < -0.4 is 5.73 Å². The van der Waals surface area contributed by atoms with E-state index >= 15 is 0 Å². The molecule has 0 aliphatic rings. The number of nitriles is 1. The third-order valence-electron chi connectivity index (χ3n) is 3.42. The van der Waals surface area contributed by atoms with Gasteiger partial charge in [-0.05, 0) is 12.5 Å². The summed E-state index contributed by atoms with van der Waals surface area (Å²) in [7, 11) is 0. The van der Waals surface area contributed by atoms with E-state index in [1.165, 1.54) is 24.0 Å². The molecule has 3 heterocycles. The van der Waals surface area contributed by atoms with E-state index < -0.39 is 12.6 Å². The standard InChI is InChI=1S/C16H12F3N5OS/c17-16(18,19)5-9-8-25-13-7-22-10(3-12(9)13)1-2-26-15-23-11(6-20)4-14(21)24-15/h3-4,7-8H,1-2,5H2,(H2,21,23,24). The molecule has 0 aliphatic heterocycles. The third kappa shape index (κ3) is 4.43. The first-order valence-corrected chi connectivity index (χ1v) is 8.42. The van der Waals surface area contributed by atoms with E-state index in [-0.39, 0.29) is 17.1 Å². The zero-order chi connectivity index (χ0) is 18.7. The molecule has 10 heteroatoms. The molecule has 0 saturated carbocycles. The Kier molecular flexibility index (Phi) is 4.99. The van der Waals surface area contributed by atoms with Gasteiger partial charge in [0.15, 0.2) is 10.7 Å². The molecule has 0 saturated heterocycles. The number of furan rings is 1. The van der Waals surface area contributed by atoms with Gasteiger partial charge in [0, 0.05) is 28.5 Å². The fourth-order valence-corrected chi connectivity index (χ4v) is 3.16. The van der Waals surface area contributed by atoms with Crippen LogP contribution >= 0.6 is 11.8 Å². The van der Waals surface area contributed by atoms with Crippen LogP contribution in [0.4, 0.5) is 19.0 Å². The molecule has 0 atom stereocenters. The fraction of sp³-hybridized carbons (Fsp3) is 0.250. The van der Waals surface area contributed by atoms with E-state index in [1.54, 1.807) is 6.07 Å². The lowest BCUT2D eigenvalue weighted by Gasteiger charge is -2.05. The van der Waals surface area contributed by atoms with Crippen molar-refractivity contribution in [2.45, 2.75) is 24.2 Å². The van der Waals surface area contributed by atoms with Gasteiger partial charge < -0.3 is 10.2 Å². The van der Waals surface area contributed by atoms with E-state index in [0.29, 0.717) is 34.0 Å². The maximum absolute atomic E-state index is 12.6. The van der Waals surface area contributed by atoms with Crippen molar-refractivity contribution in [3.63, 3.8) is 0 Å². The van der Waals surface area contributed by atoms with Gasteiger partial charge in [0.25, 0.3) is 0 Å². The first kappa shape index (κ1) is 18.0. The first-order chi connectivity index (χ1) is 12.3. The van der Waals surface area contributed by atoms with Gasteiger partial charge in [0.1, 0.15) is 17.6 Å². The zero-order valence-corrected chi connectivity index (χ0v) is 14.1. The predicted octanol–water partition coefficient (Wildman–Crippen LogP) is 3.51. The van der Waals surface area contributed by atoms with E-state index in [0.717, 1.165) is 6.26 Å². The van der Waals surface area contributed by atoms with Gasteiger partial charge in [0.05, 0.1) is 18.9 Å². The molecule has 0 aliphatic carbocycles. The summed E-state index contributed by atoms with van der Waals surface area (Å²) in [5.74, 6) is 0.730. The smallest absolute Gasteiger partial charge is 0.393 e. The van der Waals surface area contributed by atoms with Crippen molar-refractivity contribution in [2.24, 2.45) is 0 Å². The number of aromatic nitrogens is 3. The van der Waals surface area contributed by atoms with Crippen LogP contribution in [0.25, 0.3) is 11.0 Å². The van der Waals surface area contributed by atoms with Gasteiger partial charge in [-0.1, -0.05) is 11.8 Å². The molecule has 3 aromatic rings. The van der Waals surface area contributed by atoms with E-state index in [1.807, 2.05) is 6.07 Å². The first-order valence-electron chi connectivity index (χ1n) is 7.43. The van der Waals surface area contributed by atoms with Gasteiger partial charge >= 0.3 is 6.18 Å². The van der Waals surface area contributed by atoms with Crippen LogP contribution in [0.5, 0.6) is 0 Å². The highest BCUT2D eigenvalue weighted by atomic mass is 32.2. The molecule has 0 radical (unpaired) electrons. The third-order valence-corrected chi connectivity index (χ3v) is 4.27. The van der Waals surface area contributed by atoms with Gasteiger partial charge in [-0.25, -0.2) is 9.97 Å². The minimum Gasteiger partial charge on any atom is -0.462 e. The van der Waals surface area contributed by atoms with Crippen molar-refractivity contribution in [2.75, 3.05) is 11.5 Å². The number of halogens is 3. The summed E-state index contributed by atoms with van der Waals surface area (Å²) < 4.78 is 43.0. The molecule has 6 nitrogen and oxygen atoms in total. The number of anilines is 1. The van der Waals surface area contributed by atoms with Crippen molar-refractivity contribution < 1.29 is 17.6 Å². The SMILES string of the molecule is N#Cc1cc(N)nc(SCCc2cc3c(CC(F)(F)F)coc3cn2)n1. The Hall–Kier alpha value is -2.80. The Balaban J connectivity index is 1.70. The van der Waals surface area contributed by atoms with E-state index in [2.05, 4.69) is 15.0 Å². The molecule has 3 rings (SSSR count). The average Bonchev–Trinajstić information content (AvgIpc) is 2.95. The highest BCUT2D eigenvalue weighted by Crippen LogP contribution is 2.28. The molecule has 3 aromatic heterocycles. The Morgan fingerprint density at radius 1 is 1.27 bits per heavy atom. The summed E-state index contributed by atoms with van der Waals surface area (Å²) in [6, 6.07) is 4.87. The minimum absolute atomic E-state index is 0.0848. The largest absolute Gasteiger partial charge is 0.462 e. The van der Waals surface area contributed by atoms with Crippen LogP contribution in [0.1, 0.15) is 17.0 Å².